The molecule has 0 bridgehead atoms. The molecule has 6 N–H and O–H groups in total. The first-order valence-electron chi connectivity index (χ1n) is 6.96. The second-order valence-corrected chi connectivity index (χ2v) is 5.41. The average molecular weight is 314 g/mol. The summed E-state index contributed by atoms with van der Waals surface area (Å²) < 4.78 is 0. The van der Waals surface area contributed by atoms with Crippen molar-refractivity contribution in [2.75, 3.05) is 11.5 Å². The van der Waals surface area contributed by atoms with Crippen molar-refractivity contribution in [3.63, 3.8) is 0 Å². The summed E-state index contributed by atoms with van der Waals surface area (Å²) in [5, 5.41) is 18.5. The lowest BCUT2D eigenvalue weighted by Crippen LogP contribution is -2.10. The summed E-state index contributed by atoms with van der Waals surface area (Å²) in [4.78, 5) is 22.7. The zero-order valence-electron chi connectivity index (χ0n) is 12.9. The van der Waals surface area contributed by atoms with Crippen LogP contribution in [0.1, 0.15) is 43.0 Å². The van der Waals surface area contributed by atoms with Gasteiger partial charge in [-0.15, -0.1) is 0 Å². The van der Waals surface area contributed by atoms with Crippen molar-refractivity contribution in [1.82, 2.24) is 0 Å². The minimum absolute atomic E-state index is 0.0778. The molecule has 0 aliphatic carbocycles. The third-order valence-corrected chi connectivity index (χ3v) is 4.03. The summed E-state index contributed by atoms with van der Waals surface area (Å²) in [7, 11) is 0. The van der Waals surface area contributed by atoms with E-state index in [-0.39, 0.29) is 22.5 Å². The molecular weight excluding hydrogens is 296 g/mol. The summed E-state index contributed by atoms with van der Waals surface area (Å²) in [5.74, 6) is -2.16. The number of hydrogen-bond acceptors (Lipinski definition) is 4. The van der Waals surface area contributed by atoms with Crippen LogP contribution >= 0.6 is 0 Å². The maximum atomic E-state index is 11.3. The lowest BCUT2D eigenvalue weighted by Gasteiger charge is -2.14. The predicted molar refractivity (Wildman–Crippen MR) is 87.9 cm³/mol. The molecule has 0 unspecified atom stereocenters. The number of carboxylic acids is 2. The van der Waals surface area contributed by atoms with Gasteiger partial charge in [0, 0.05) is 11.4 Å². The molecule has 0 spiro atoms. The van der Waals surface area contributed by atoms with Crippen molar-refractivity contribution >= 4 is 23.3 Å². The highest BCUT2D eigenvalue weighted by Gasteiger charge is 2.18. The van der Waals surface area contributed by atoms with Gasteiger partial charge in [-0.3, -0.25) is 0 Å². The van der Waals surface area contributed by atoms with Gasteiger partial charge in [-0.05, 0) is 54.7 Å². The highest BCUT2D eigenvalue weighted by atomic mass is 16.4. The largest absolute Gasteiger partial charge is 0.478 e. The van der Waals surface area contributed by atoms with E-state index in [2.05, 4.69) is 0 Å². The van der Waals surface area contributed by atoms with Crippen molar-refractivity contribution in [2.45, 2.75) is 20.3 Å². The van der Waals surface area contributed by atoms with Crippen LogP contribution in [0.15, 0.2) is 24.3 Å². The molecule has 0 atom stereocenters. The molecule has 0 aliphatic heterocycles. The van der Waals surface area contributed by atoms with Crippen molar-refractivity contribution in [1.29, 1.82) is 0 Å². The van der Waals surface area contributed by atoms with Crippen LogP contribution in [0.25, 0.3) is 0 Å². The van der Waals surface area contributed by atoms with Crippen molar-refractivity contribution < 1.29 is 19.8 Å². The fourth-order valence-corrected chi connectivity index (χ4v) is 2.71. The zero-order chi connectivity index (χ0) is 17.3. The molecule has 0 fully saturated rings. The van der Waals surface area contributed by atoms with E-state index in [9.17, 15) is 19.8 Å². The number of aromatic carboxylic acids is 2. The first-order chi connectivity index (χ1) is 10.7. The topological polar surface area (TPSA) is 127 Å². The molecule has 23 heavy (non-hydrogen) atoms. The summed E-state index contributed by atoms with van der Waals surface area (Å²) >= 11 is 0. The Morgan fingerprint density at radius 1 is 0.826 bits per heavy atom. The maximum absolute atomic E-state index is 11.3. The number of anilines is 2. The van der Waals surface area contributed by atoms with Crippen LogP contribution in [0.4, 0.5) is 11.4 Å². The van der Waals surface area contributed by atoms with E-state index in [1.165, 1.54) is 0 Å². The van der Waals surface area contributed by atoms with E-state index >= 15 is 0 Å². The highest BCUT2D eigenvalue weighted by Crippen LogP contribution is 2.27. The molecule has 6 nitrogen and oxygen atoms in total. The molecular formula is C17H18N2O4. The van der Waals surface area contributed by atoms with Crippen LogP contribution in [0, 0.1) is 13.8 Å². The Morgan fingerprint density at radius 2 is 1.17 bits per heavy atom. The molecule has 0 radical (unpaired) electrons. The maximum Gasteiger partial charge on any atom is 0.338 e. The fourth-order valence-electron chi connectivity index (χ4n) is 2.71. The van der Waals surface area contributed by atoms with Gasteiger partial charge in [0.1, 0.15) is 0 Å². The Morgan fingerprint density at radius 3 is 1.48 bits per heavy atom. The highest BCUT2D eigenvalue weighted by molar-refractivity contribution is 5.96. The Kier molecular flexibility index (Phi) is 4.27. The summed E-state index contributed by atoms with van der Waals surface area (Å²) in [6.07, 6.45) is 0.402. The molecule has 2 aromatic rings. The zero-order valence-corrected chi connectivity index (χ0v) is 12.9. The standard InChI is InChI=1S/C17H18N2O4/c1-8-10(3-5-12(18)14(8)16(20)21)7-11-4-6-13(19)15(9(11)2)17(22)23/h3-6H,7,18-19H2,1-2H3,(H,20,21)(H,22,23). The van der Waals surface area contributed by atoms with E-state index < -0.39 is 11.9 Å². The molecule has 6 heteroatoms. The Bertz CT molecular complexity index is 745. The average Bonchev–Trinajstić information content (AvgIpc) is 2.44. The second-order valence-electron chi connectivity index (χ2n) is 5.41. The summed E-state index contributed by atoms with van der Waals surface area (Å²) in [6.45, 7) is 3.39. The predicted octanol–water partition coefficient (Wildman–Crippen LogP) is 2.46. The van der Waals surface area contributed by atoms with Gasteiger partial charge in [-0.1, -0.05) is 12.1 Å². The summed E-state index contributed by atoms with van der Waals surface area (Å²) in [6, 6.07) is 6.62. The van der Waals surface area contributed by atoms with Gasteiger partial charge in [-0.25, -0.2) is 9.59 Å². The number of carboxylic acid groups (broad SMARTS) is 2. The number of nitrogens with two attached hydrogens (primary N) is 2. The van der Waals surface area contributed by atoms with Crippen LogP contribution in [-0.2, 0) is 6.42 Å². The first-order valence-corrected chi connectivity index (χ1v) is 6.96. The third-order valence-electron chi connectivity index (χ3n) is 4.03. The van der Waals surface area contributed by atoms with Crippen LogP contribution in [0.5, 0.6) is 0 Å². The van der Waals surface area contributed by atoms with Crippen LogP contribution in [0.3, 0.4) is 0 Å². The lowest BCUT2D eigenvalue weighted by atomic mass is 9.91. The van der Waals surface area contributed by atoms with Gasteiger partial charge in [-0.2, -0.15) is 0 Å². The Balaban J connectivity index is 2.53. The molecule has 120 valence electrons. The minimum Gasteiger partial charge on any atom is -0.478 e. The van der Waals surface area contributed by atoms with Gasteiger partial charge < -0.3 is 21.7 Å². The fraction of sp³-hybridized carbons (Fsp3) is 0.176. The molecule has 0 aromatic heterocycles. The monoisotopic (exact) mass is 314 g/mol. The van der Waals surface area contributed by atoms with E-state index in [1.807, 2.05) is 0 Å². The summed E-state index contributed by atoms with van der Waals surface area (Å²) in [5.41, 5.74) is 14.7. The van der Waals surface area contributed by atoms with E-state index in [1.54, 1.807) is 38.1 Å². The second kappa shape index (κ2) is 6.00. The Hall–Kier alpha value is -3.02. The van der Waals surface area contributed by atoms with Crippen LogP contribution in [-0.4, -0.2) is 22.2 Å². The van der Waals surface area contributed by atoms with Crippen molar-refractivity contribution in [3.8, 4) is 0 Å². The molecule has 0 amide bonds. The Labute approximate surface area is 133 Å². The van der Waals surface area contributed by atoms with E-state index in [0.29, 0.717) is 17.5 Å². The molecule has 2 rings (SSSR count). The van der Waals surface area contributed by atoms with E-state index in [0.717, 1.165) is 11.1 Å². The number of benzene rings is 2. The molecule has 0 aliphatic rings. The lowest BCUT2D eigenvalue weighted by molar-refractivity contribution is 0.0686. The molecule has 0 saturated heterocycles. The smallest absolute Gasteiger partial charge is 0.338 e. The number of hydrogen-bond donors (Lipinski definition) is 4. The SMILES string of the molecule is Cc1c(Cc2ccc(N)c(C(=O)O)c2C)ccc(N)c1C(=O)O. The van der Waals surface area contributed by atoms with Gasteiger partial charge >= 0.3 is 11.9 Å². The molecule has 0 heterocycles. The van der Waals surface area contributed by atoms with Crippen molar-refractivity contribution in [2.24, 2.45) is 0 Å². The normalized spacial score (nSPS) is 10.5. The third kappa shape index (κ3) is 2.96. The molecule has 2 aromatic carbocycles. The van der Waals surface area contributed by atoms with Gasteiger partial charge in [0.05, 0.1) is 11.1 Å². The van der Waals surface area contributed by atoms with Crippen LogP contribution in [0.2, 0.25) is 0 Å². The number of nitrogen functional groups attached to an aromatic ring is 2. The van der Waals surface area contributed by atoms with Gasteiger partial charge in [0.15, 0.2) is 0 Å². The number of carbonyl (C=O) groups is 2. The quantitative estimate of drug-likeness (QED) is 0.642. The van der Waals surface area contributed by atoms with Crippen LogP contribution < -0.4 is 11.5 Å². The number of rotatable bonds is 4. The minimum atomic E-state index is -1.08. The van der Waals surface area contributed by atoms with Gasteiger partial charge in [0.25, 0.3) is 0 Å². The van der Waals surface area contributed by atoms with Gasteiger partial charge in [0.2, 0.25) is 0 Å². The molecule has 0 saturated carbocycles. The van der Waals surface area contributed by atoms with E-state index in [4.69, 9.17) is 11.5 Å². The van der Waals surface area contributed by atoms with Crippen molar-refractivity contribution in [3.05, 3.63) is 57.6 Å². The first kappa shape index (κ1) is 16.4.